The van der Waals surface area contributed by atoms with Crippen molar-refractivity contribution < 1.29 is 0 Å². The zero-order chi connectivity index (χ0) is 26.5. The highest BCUT2D eigenvalue weighted by atomic mass is 32.1. The Kier molecular flexibility index (Phi) is 5.32. The molecule has 0 amide bonds. The molecular formula is C36H23N3S. The molecular weight excluding hydrogens is 506 g/mol. The van der Waals surface area contributed by atoms with E-state index in [2.05, 4.69) is 103 Å². The lowest BCUT2D eigenvalue weighted by molar-refractivity contribution is 0.766. The number of hydrogen-bond donors (Lipinski definition) is 0. The number of benzene rings is 6. The average molecular weight is 530 g/mol. The Morgan fingerprint density at radius 3 is 1.95 bits per heavy atom. The van der Waals surface area contributed by atoms with E-state index in [1.54, 1.807) is 4.80 Å². The lowest BCUT2D eigenvalue weighted by Gasteiger charge is -2.17. The Morgan fingerprint density at radius 1 is 0.475 bits per heavy atom. The van der Waals surface area contributed by atoms with Gasteiger partial charge in [-0.3, -0.25) is 0 Å². The van der Waals surface area contributed by atoms with Gasteiger partial charge in [-0.2, -0.15) is 4.80 Å². The first-order valence-corrected chi connectivity index (χ1v) is 14.2. The second-order valence-corrected chi connectivity index (χ2v) is 11.0. The SMILES string of the molecule is c1ccc(-c2c(-c3cccc4nn(-c5ccccc5)nc34)cccc2-c2cccc3sc4ccccc4c23)cc1. The number of hydrogen-bond acceptors (Lipinski definition) is 3. The Hall–Kier alpha value is -5.06. The van der Waals surface area contributed by atoms with Crippen molar-refractivity contribution in [3.05, 3.63) is 140 Å². The van der Waals surface area contributed by atoms with Crippen LogP contribution in [0.15, 0.2) is 140 Å². The summed E-state index contributed by atoms with van der Waals surface area (Å²) in [7, 11) is 0. The van der Waals surface area contributed by atoms with E-state index >= 15 is 0 Å². The van der Waals surface area contributed by atoms with Crippen molar-refractivity contribution in [3.63, 3.8) is 0 Å². The molecule has 0 N–H and O–H groups in total. The van der Waals surface area contributed by atoms with E-state index in [1.165, 1.54) is 42.4 Å². The maximum Gasteiger partial charge on any atom is 0.121 e. The molecule has 2 aromatic heterocycles. The number of aromatic nitrogens is 3. The molecule has 3 nitrogen and oxygen atoms in total. The van der Waals surface area contributed by atoms with Crippen molar-refractivity contribution in [2.75, 3.05) is 0 Å². The highest BCUT2D eigenvalue weighted by Crippen LogP contribution is 2.46. The molecule has 0 bridgehead atoms. The van der Waals surface area contributed by atoms with Crippen molar-refractivity contribution in [1.29, 1.82) is 0 Å². The monoisotopic (exact) mass is 529 g/mol. The van der Waals surface area contributed by atoms with Crippen LogP contribution < -0.4 is 0 Å². The van der Waals surface area contributed by atoms with Crippen LogP contribution in [0.5, 0.6) is 0 Å². The molecule has 0 spiro atoms. The minimum Gasteiger partial charge on any atom is -0.150 e. The summed E-state index contributed by atoms with van der Waals surface area (Å²) in [5.41, 5.74) is 9.76. The molecule has 4 heteroatoms. The normalized spacial score (nSPS) is 11.5. The Bertz CT molecular complexity index is 2160. The second kappa shape index (κ2) is 9.30. The predicted molar refractivity (Wildman–Crippen MR) is 168 cm³/mol. The van der Waals surface area contributed by atoms with Crippen LogP contribution in [0.1, 0.15) is 0 Å². The van der Waals surface area contributed by atoms with Crippen molar-refractivity contribution in [1.82, 2.24) is 15.0 Å². The summed E-state index contributed by atoms with van der Waals surface area (Å²) < 4.78 is 2.61. The van der Waals surface area contributed by atoms with E-state index in [1.807, 2.05) is 47.7 Å². The van der Waals surface area contributed by atoms with Crippen LogP contribution in [0.4, 0.5) is 0 Å². The van der Waals surface area contributed by atoms with E-state index in [0.717, 1.165) is 27.8 Å². The van der Waals surface area contributed by atoms with Gasteiger partial charge in [-0.05, 0) is 58.1 Å². The molecule has 0 aliphatic rings. The summed E-state index contributed by atoms with van der Waals surface area (Å²) >= 11 is 1.85. The van der Waals surface area contributed by atoms with Gasteiger partial charge in [0.25, 0.3) is 0 Å². The Balaban J connectivity index is 1.43. The molecule has 0 saturated carbocycles. The molecule has 188 valence electrons. The fourth-order valence-electron chi connectivity index (χ4n) is 5.75. The van der Waals surface area contributed by atoms with Crippen molar-refractivity contribution >= 4 is 42.5 Å². The van der Waals surface area contributed by atoms with E-state index in [9.17, 15) is 0 Å². The highest BCUT2D eigenvalue weighted by Gasteiger charge is 2.20. The molecule has 0 atom stereocenters. The molecule has 0 aliphatic carbocycles. The van der Waals surface area contributed by atoms with Crippen LogP contribution in [-0.2, 0) is 0 Å². The smallest absolute Gasteiger partial charge is 0.121 e. The van der Waals surface area contributed by atoms with Crippen LogP contribution in [0.3, 0.4) is 0 Å². The van der Waals surface area contributed by atoms with Crippen LogP contribution in [-0.4, -0.2) is 15.0 Å². The largest absolute Gasteiger partial charge is 0.150 e. The van der Waals surface area contributed by atoms with Gasteiger partial charge in [-0.1, -0.05) is 109 Å². The zero-order valence-electron chi connectivity index (χ0n) is 21.5. The summed E-state index contributed by atoms with van der Waals surface area (Å²) in [6.07, 6.45) is 0. The van der Waals surface area contributed by atoms with Gasteiger partial charge in [0.05, 0.1) is 5.69 Å². The molecule has 2 heterocycles. The van der Waals surface area contributed by atoms with Crippen molar-refractivity contribution in [2.24, 2.45) is 0 Å². The molecule has 8 aromatic rings. The number of para-hydroxylation sites is 1. The van der Waals surface area contributed by atoms with E-state index in [-0.39, 0.29) is 0 Å². The zero-order valence-corrected chi connectivity index (χ0v) is 22.3. The lowest BCUT2D eigenvalue weighted by atomic mass is 9.86. The van der Waals surface area contributed by atoms with Gasteiger partial charge < -0.3 is 0 Å². The van der Waals surface area contributed by atoms with Crippen molar-refractivity contribution in [2.45, 2.75) is 0 Å². The fourth-order valence-corrected chi connectivity index (χ4v) is 6.88. The van der Waals surface area contributed by atoms with E-state index < -0.39 is 0 Å². The summed E-state index contributed by atoms with van der Waals surface area (Å²) in [5.74, 6) is 0. The second-order valence-electron chi connectivity index (χ2n) is 9.87. The molecule has 40 heavy (non-hydrogen) atoms. The van der Waals surface area contributed by atoms with Crippen LogP contribution in [0, 0.1) is 0 Å². The number of thiophene rings is 1. The van der Waals surface area contributed by atoms with Crippen LogP contribution in [0.25, 0.3) is 70.3 Å². The van der Waals surface area contributed by atoms with Crippen molar-refractivity contribution in [3.8, 4) is 39.1 Å². The predicted octanol–water partition coefficient (Wildman–Crippen LogP) is 9.79. The van der Waals surface area contributed by atoms with Gasteiger partial charge in [0.15, 0.2) is 0 Å². The van der Waals surface area contributed by atoms with Gasteiger partial charge in [0.1, 0.15) is 11.0 Å². The van der Waals surface area contributed by atoms with E-state index in [0.29, 0.717) is 0 Å². The molecule has 0 radical (unpaired) electrons. The van der Waals surface area contributed by atoms with Crippen LogP contribution in [0.2, 0.25) is 0 Å². The first-order chi connectivity index (χ1) is 19.8. The number of rotatable bonds is 4. The quantitative estimate of drug-likeness (QED) is 0.227. The maximum absolute atomic E-state index is 4.99. The Labute approximate surface area is 235 Å². The summed E-state index contributed by atoms with van der Waals surface area (Å²) in [5, 5.41) is 12.4. The molecule has 8 rings (SSSR count). The van der Waals surface area contributed by atoms with Gasteiger partial charge in [0, 0.05) is 25.7 Å². The average Bonchev–Trinajstić information content (AvgIpc) is 3.63. The first-order valence-electron chi connectivity index (χ1n) is 13.4. The van der Waals surface area contributed by atoms with Gasteiger partial charge >= 0.3 is 0 Å². The molecule has 0 unspecified atom stereocenters. The van der Waals surface area contributed by atoms with E-state index in [4.69, 9.17) is 10.2 Å². The Morgan fingerprint density at radius 2 is 1.10 bits per heavy atom. The summed E-state index contributed by atoms with van der Waals surface area (Å²) in [4.78, 5) is 1.73. The summed E-state index contributed by atoms with van der Waals surface area (Å²) in [6, 6.07) is 49.1. The first kappa shape index (κ1) is 22.9. The van der Waals surface area contributed by atoms with Gasteiger partial charge in [-0.25, -0.2) is 0 Å². The third-order valence-electron chi connectivity index (χ3n) is 7.51. The van der Waals surface area contributed by atoms with Crippen LogP contribution >= 0.6 is 11.3 Å². The molecule has 0 fully saturated rings. The standard InChI is InChI=1S/C36H23N3S/c1-3-12-24(13-4-1)34-26(27-19-11-23-33-35(27)30-16-7-8-22-32(30)40-33)17-9-18-28(34)29-20-10-21-31-36(29)38-39(37-31)25-14-5-2-6-15-25/h1-23H. The van der Waals surface area contributed by atoms with Gasteiger partial charge in [0.2, 0.25) is 0 Å². The third kappa shape index (κ3) is 3.65. The number of fused-ring (bicyclic) bond motifs is 4. The highest BCUT2D eigenvalue weighted by molar-refractivity contribution is 7.25. The third-order valence-corrected chi connectivity index (χ3v) is 8.64. The maximum atomic E-state index is 4.99. The molecule has 0 aliphatic heterocycles. The molecule has 0 saturated heterocycles. The molecule has 6 aromatic carbocycles. The fraction of sp³-hybridized carbons (Fsp3) is 0. The summed E-state index contributed by atoms with van der Waals surface area (Å²) in [6.45, 7) is 0. The minimum absolute atomic E-state index is 0.872. The topological polar surface area (TPSA) is 30.7 Å². The van der Waals surface area contributed by atoms with Gasteiger partial charge in [-0.15, -0.1) is 21.5 Å². The minimum atomic E-state index is 0.872. The number of nitrogens with zero attached hydrogens (tertiary/aromatic N) is 3. The lowest BCUT2D eigenvalue weighted by Crippen LogP contribution is -1.97.